The van der Waals surface area contributed by atoms with Crippen LogP contribution in [0.2, 0.25) is 0 Å². The summed E-state index contributed by atoms with van der Waals surface area (Å²) in [5.74, 6) is -0.428. The molecule has 0 aromatic carbocycles. The fourth-order valence-electron chi connectivity index (χ4n) is 3.01. The molecule has 1 N–H and O–H groups in total. The van der Waals surface area contributed by atoms with Gasteiger partial charge < -0.3 is 19.8 Å². The lowest BCUT2D eigenvalue weighted by Crippen LogP contribution is -2.49. The highest BCUT2D eigenvalue weighted by molar-refractivity contribution is 5.75. The Kier molecular flexibility index (Phi) is 6.95. The van der Waals surface area contributed by atoms with Gasteiger partial charge >= 0.3 is 12.0 Å². The van der Waals surface area contributed by atoms with Crippen molar-refractivity contribution in [1.82, 2.24) is 14.7 Å². The molecule has 1 rings (SSSR count). The molecular weight excluding hydrogens is 270 g/mol. The standard InChI is InChI=1S/C15H29N3O3/c1-5-18(12(2)10-16(3)4)15(21)17-9-8-13(11-17)6-7-14(19)20/h12-13H,5-11H2,1-4H3,(H,19,20). The lowest BCUT2D eigenvalue weighted by atomic mass is 10.0. The Balaban J connectivity index is 2.52. The number of amides is 2. The zero-order valence-electron chi connectivity index (χ0n) is 13.7. The van der Waals surface area contributed by atoms with E-state index in [0.717, 1.165) is 19.5 Å². The minimum Gasteiger partial charge on any atom is -0.481 e. The maximum absolute atomic E-state index is 12.6. The van der Waals surface area contributed by atoms with Gasteiger partial charge in [-0.15, -0.1) is 0 Å². The SMILES string of the molecule is CCN(C(=O)N1CCC(CCC(=O)O)C1)C(C)CN(C)C. The molecule has 0 saturated carbocycles. The van der Waals surface area contributed by atoms with E-state index in [1.54, 1.807) is 0 Å². The number of carbonyl (C=O) groups is 2. The van der Waals surface area contributed by atoms with Gasteiger partial charge in [-0.1, -0.05) is 0 Å². The average Bonchev–Trinajstić information content (AvgIpc) is 2.84. The summed E-state index contributed by atoms with van der Waals surface area (Å²) in [6, 6.07) is 0.264. The third-order valence-electron chi connectivity index (χ3n) is 4.07. The van der Waals surface area contributed by atoms with Gasteiger partial charge in [-0.05, 0) is 46.7 Å². The second-order valence-electron chi connectivity index (χ2n) is 6.21. The van der Waals surface area contributed by atoms with Gasteiger partial charge in [0.1, 0.15) is 0 Å². The van der Waals surface area contributed by atoms with E-state index in [0.29, 0.717) is 25.4 Å². The minimum absolute atomic E-state index is 0.0877. The van der Waals surface area contributed by atoms with Crippen molar-refractivity contribution in [2.75, 3.05) is 40.3 Å². The smallest absolute Gasteiger partial charge is 0.320 e. The van der Waals surface area contributed by atoms with Gasteiger partial charge in [0.25, 0.3) is 0 Å². The van der Waals surface area contributed by atoms with E-state index >= 15 is 0 Å². The van der Waals surface area contributed by atoms with Gasteiger partial charge in [-0.3, -0.25) is 4.79 Å². The van der Waals surface area contributed by atoms with E-state index in [1.807, 2.05) is 30.8 Å². The third kappa shape index (κ3) is 5.53. The molecule has 0 aliphatic carbocycles. The number of aliphatic carboxylic acids is 1. The van der Waals surface area contributed by atoms with Crippen LogP contribution in [0.1, 0.15) is 33.1 Å². The van der Waals surface area contributed by atoms with E-state index in [1.165, 1.54) is 0 Å². The number of rotatable bonds is 7. The first-order valence-electron chi connectivity index (χ1n) is 7.77. The highest BCUT2D eigenvalue weighted by atomic mass is 16.4. The Morgan fingerprint density at radius 3 is 2.57 bits per heavy atom. The highest BCUT2D eigenvalue weighted by Gasteiger charge is 2.30. The summed E-state index contributed by atoms with van der Waals surface area (Å²) in [7, 11) is 4.01. The van der Waals surface area contributed by atoms with Crippen molar-refractivity contribution in [2.24, 2.45) is 5.92 Å². The van der Waals surface area contributed by atoms with Crippen molar-refractivity contribution in [3.8, 4) is 0 Å². The number of hydrogen-bond acceptors (Lipinski definition) is 3. The first kappa shape index (κ1) is 17.8. The van der Waals surface area contributed by atoms with Crippen molar-refractivity contribution < 1.29 is 14.7 Å². The molecule has 1 fully saturated rings. The molecule has 1 saturated heterocycles. The van der Waals surface area contributed by atoms with Gasteiger partial charge in [0.15, 0.2) is 0 Å². The molecule has 0 aromatic heterocycles. The summed E-state index contributed by atoms with van der Waals surface area (Å²) >= 11 is 0. The van der Waals surface area contributed by atoms with Crippen LogP contribution in [0.15, 0.2) is 0 Å². The second-order valence-corrected chi connectivity index (χ2v) is 6.21. The number of nitrogens with zero attached hydrogens (tertiary/aromatic N) is 3. The molecule has 1 heterocycles. The number of urea groups is 1. The maximum Gasteiger partial charge on any atom is 0.320 e. The van der Waals surface area contributed by atoms with E-state index < -0.39 is 5.97 Å². The van der Waals surface area contributed by atoms with Crippen LogP contribution in [-0.4, -0.2) is 78.1 Å². The topological polar surface area (TPSA) is 64.1 Å². The van der Waals surface area contributed by atoms with Gasteiger partial charge in [0.2, 0.25) is 0 Å². The summed E-state index contributed by atoms with van der Waals surface area (Å²) in [6.45, 7) is 7.05. The van der Waals surface area contributed by atoms with Gasteiger partial charge in [-0.25, -0.2) is 4.79 Å². The molecule has 2 unspecified atom stereocenters. The van der Waals surface area contributed by atoms with Crippen LogP contribution in [0.3, 0.4) is 0 Å². The van der Waals surface area contributed by atoms with Crippen molar-refractivity contribution in [3.63, 3.8) is 0 Å². The molecular formula is C15H29N3O3. The molecule has 1 aliphatic heterocycles. The monoisotopic (exact) mass is 299 g/mol. The van der Waals surface area contributed by atoms with Crippen LogP contribution < -0.4 is 0 Å². The molecule has 2 amide bonds. The Morgan fingerprint density at radius 1 is 1.38 bits per heavy atom. The first-order chi connectivity index (χ1) is 9.85. The van der Waals surface area contributed by atoms with Gasteiger partial charge in [-0.2, -0.15) is 0 Å². The fourth-order valence-corrected chi connectivity index (χ4v) is 3.01. The predicted octanol–water partition coefficient (Wildman–Crippen LogP) is 1.57. The number of carboxylic acid groups (broad SMARTS) is 1. The molecule has 2 atom stereocenters. The zero-order valence-corrected chi connectivity index (χ0v) is 13.7. The molecule has 0 spiro atoms. The number of likely N-dealkylation sites (tertiary alicyclic amines) is 1. The fraction of sp³-hybridized carbons (Fsp3) is 0.867. The average molecular weight is 299 g/mol. The van der Waals surface area contributed by atoms with Crippen molar-refractivity contribution in [1.29, 1.82) is 0 Å². The predicted molar refractivity (Wildman–Crippen MR) is 82.3 cm³/mol. The van der Waals surface area contributed by atoms with E-state index in [-0.39, 0.29) is 18.5 Å². The number of likely N-dealkylation sites (N-methyl/N-ethyl adjacent to an activating group) is 2. The lowest BCUT2D eigenvalue weighted by Gasteiger charge is -2.33. The van der Waals surface area contributed by atoms with Crippen LogP contribution in [0.4, 0.5) is 4.79 Å². The second kappa shape index (κ2) is 8.22. The van der Waals surface area contributed by atoms with Crippen LogP contribution in [-0.2, 0) is 4.79 Å². The Hall–Kier alpha value is -1.30. The maximum atomic E-state index is 12.6. The Bertz CT molecular complexity index is 360. The van der Waals surface area contributed by atoms with Gasteiger partial charge in [0.05, 0.1) is 0 Å². The number of carbonyl (C=O) groups excluding carboxylic acids is 1. The summed E-state index contributed by atoms with van der Waals surface area (Å²) in [5.41, 5.74) is 0. The van der Waals surface area contributed by atoms with E-state index in [9.17, 15) is 9.59 Å². The van der Waals surface area contributed by atoms with Crippen molar-refractivity contribution >= 4 is 12.0 Å². The molecule has 0 radical (unpaired) electrons. The summed E-state index contributed by atoms with van der Waals surface area (Å²) in [5, 5.41) is 8.74. The Morgan fingerprint density at radius 2 is 2.05 bits per heavy atom. The van der Waals surface area contributed by atoms with Crippen molar-refractivity contribution in [2.45, 2.75) is 39.2 Å². The van der Waals surface area contributed by atoms with Gasteiger partial charge in [0, 0.05) is 38.6 Å². The summed E-state index contributed by atoms with van der Waals surface area (Å²) < 4.78 is 0. The molecule has 1 aliphatic rings. The molecule has 6 heteroatoms. The molecule has 0 aromatic rings. The largest absolute Gasteiger partial charge is 0.481 e. The molecule has 6 nitrogen and oxygen atoms in total. The molecule has 0 bridgehead atoms. The molecule has 21 heavy (non-hydrogen) atoms. The zero-order chi connectivity index (χ0) is 16.0. The van der Waals surface area contributed by atoms with Crippen molar-refractivity contribution in [3.05, 3.63) is 0 Å². The quantitative estimate of drug-likeness (QED) is 0.775. The highest BCUT2D eigenvalue weighted by Crippen LogP contribution is 2.22. The molecule has 122 valence electrons. The van der Waals surface area contributed by atoms with Crippen LogP contribution in [0.5, 0.6) is 0 Å². The normalized spacial score (nSPS) is 19.9. The third-order valence-corrected chi connectivity index (χ3v) is 4.07. The number of carboxylic acids is 1. The number of hydrogen-bond donors (Lipinski definition) is 1. The van der Waals surface area contributed by atoms with Crippen LogP contribution in [0, 0.1) is 5.92 Å². The minimum atomic E-state index is -0.755. The Labute approximate surface area is 127 Å². The lowest BCUT2D eigenvalue weighted by molar-refractivity contribution is -0.137. The summed E-state index contributed by atoms with van der Waals surface area (Å²) in [4.78, 5) is 29.1. The van der Waals surface area contributed by atoms with E-state index in [4.69, 9.17) is 5.11 Å². The van der Waals surface area contributed by atoms with Crippen LogP contribution >= 0.6 is 0 Å². The van der Waals surface area contributed by atoms with Crippen LogP contribution in [0.25, 0.3) is 0 Å². The first-order valence-corrected chi connectivity index (χ1v) is 7.77. The summed E-state index contributed by atoms with van der Waals surface area (Å²) in [6.07, 6.45) is 1.78. The van der Waals surface area contributed by atoms with E-state index in [2.05, 4.69) is 11.8 Å².